The molecule has 120 valence electrons. The lowest BCUT2D eigenvalue weighted by Crippen LogP contribution is -2.24. The average molecular weight is 395 g/mol. The van der Waals surface area contributed by atoms with E-state index in [1.807, 2.05) is 6.92 Å². The molecule has 7 heteroatoms. The second-order valence-corrected chi connectivity index (χ2v) is 7.69. The predicted octanol–water partition coefficient (Wildman–Crippen LogP) is 3.55. The minimum Gasteiger partial charge on any atom is -0.292 e. The molecule has 0 spiro atoms. The standard InChI is InChI=1S/C16H15BrN2O3S/c1-11-3-9-15(10-4-11)23(21,22)16(12(2)20)19-18-14-7-5-13(17)6-8-14/h3-10,18H,1-2H3. The smallest absolute Gasteiger partial charge is 0.229 e. The highest BCUT2D eigenvalue weighted by molar-refractivity contribution is 9.10. The predicted molar refractivity (Wildman–Crippen MR) is 94.2 cm³/mol. The van der Waals surface area contributed by atoms with E-state index < -0.39 is 20.7 Å². The number of nitrogens with zero attached hydrogens (tertiary/aromatic N) is 1. The van der Waals surface area contributed by atoms with Crippen molar-refractivity contribution in [3.05, 3.63) is 58.6 Å². The van der Waals surface area contributed by atoms with Gasteiger partial charge in [0, 0.05) is 11.4 Å². The number of halogens is 1. The van der Waals surface area contributed by atoms with Crippen LogP contribution >= 0.6 is 15.9 Å². The second-order valence-electron chi connectivity index (χ2n) is 4.91. The molecule has 23 heavy (non-hydrogen) atoms. The van der Waals surface area contributed by atoms with Gasteiger partial charge >= 0.3 is 0 Å². The highest BCUT2D eigenvalue weighted by atomic mass is 79.9. The van der Waals surface area contributed by atoms with Crippen LogP contribution in [0.4, 0.5) is 5.69 Å². The maximum atomic E-state index is 12.6. The Kier molecular flexibility index (Phi) is 5.33. The van der Waals surface area contributed by atoms with Crippen molar-refractivity contribution in [3.8, 4) is 0 Å². The molecule has 0 saturated carbocycles. The van der Waals surface area contributed by atoms with Crippen LogP contribution in [-0.4, -0.2) is 19.2 Å². The maximum Gasteiger partial charge on any atom is 0.229 e. The van der Waals surface area contributed by atoms with Gasteiger partial charge in [-0.25, -0.2) is 8.42 Å². The number of hydrogen-bond acceptors (Lipinski definition) is 5. The van der Waals surface area contributed by atoms with E-state index in [1.165, 1.54) is 19.1 Å². The van der Waals surface area contributed by atoms with E-state index in [2.05, 4.69) is 26.5 Å². The van der Waals surface area contributed by atoms with Crippen LogP contribution in [0.5, 0.6) is 0 Å². The summed E-state index contributed by atoms with van der Waals surface area (Å²) in [7, 11) is -3.97. The molecule has 0 heterocycles. The van der Waals surface area contributed by atoms with Gasteiger partial charge in [-0.15, -0.1) is 0 Å². The Labute approximate surface area is 143 Å². The molecule has 0 bridgehead atoms. The molecule has 0 saturated heterocycles. The number of carbonyl (C=O) groups excluding carboxylic acids is 1. The van der Waals surface area contributed by atoms with Crippen molar-refractivity contribution >= 4 is 42.3 Å². The molecule has 0 aliphatic carbocycles. The molecule has 5 nitrogen and oxygen atoms in total. The molecule has 0 amide bonds. The zero-order chi connectivity index (χ0) is 17.0. The molecule has 0 radical (unpaired) electrons. The molecule has 0 aliphatic rings. The van der Waals surface area contributed by atoms with Crippen molar-refractivity contribution in [3.63, 3.8) is 0 Å². The number of aryl methyl sites for hydroxylation is 1. The lowest BCUT2D eigenvalue weighted by atomic mass is 10.2. The molecule has 1 N–H and O–H groups in total. The van der Waals surface area contributed by atoms with Gasteiger partial charge in [-0.3, -0.25) is 10.2 Å². The van der Waals surface area contributed by atoms with Gasteiger partial charge in [-0.05, 0) is 43.3 Å². The van der Waals surface area contributed by atoms with Crippen molar-refractivity contribution in [1.29, 1.82) is 0 Å². The summed E-state index contributed by atoms with van der Waals surface area (Å²) in [4.78, 5) is 11.8. The van der Waals surface area contributed by atoms with Gasteiger partial charge in [0.2, 0.25) is 14.9 Å². The van der Waals surface area contributed by atoms with Crippen molar-refractivity contribution in [2.75, 3.05) is 5.43 Å². The first-order chi connectivity index (χ1) is 10.8. The van der Waals surface area contributed by atoms with E-state index >= 15 is 0 Å². The first-order valence-electron chi connectivity index (χ1n) is 6.72. The molecular weight excluding hydrogens is 380 g/mol. The number of carbonyl (C=O) groups is 1. The summed E-state index contributed by atoms with van der Waals surface area (Å²) in [6.45, 7) is 3.03. The minimum atomic E-state index is -3.97. The lowest BCUT2D eigenvalue weighted by molar-refractivity contribution is -0.110. The van der Waals surface area contributed by atoms with Crippen LogP contribution in [0, 0.1) is 6.92 Å². The van der Waals surface area contributed by atoms with E-state index in [4.69, 9.17) is 0 Å². The Morgan fingerprint density at radius 2 is 1.61 bits per heavy atom. The number of sulfone groups is 1. The van der Waals surface area contributed by atoms with Crippen LogP contribution in [-0.2, 0) is 14.6 Å². The van der Waals surface area contributed by atoms with E-state index in [0.29, 0.717) is 5.69 Å². The van der Waals surface area contributed by atoms with E-state index in [-0.39, 0.29) is 4.90 Å². The number of hydrazone groups is 1. The van der Waals surface area contributed by atoms with Gasteiger partial charge in [0.25, 0.3) is 0 Å². The van der Waals surface area contributed by atoms with Crippen LogP contribution in [0.25, 0.3) is 0 Å². The van der Waals surface area contributed by atoms with E-state index in [0.717, 1.165) is 10.0 Å². The first-order valence-corrected chi connectivity index (χ1v) is 9.00. The number of Topliss-reactive ketones (excluding diaryl/α,β-unsaturated/α-hetero) is 1. The molecule has 0 atom stereocenters. The zero-order valence-electron chi connectivity index (χ0n) is 12.6. The number of benzene rings is 2. The van der Waals surface area contributed by atoms with Crippen molar-refractivity contribution in [1.82, 2.24) is 0 Å². The highest BCUT2D eigenvalue weighted by Crippen LogP contribution is 2.17. The Balaban J connectivity index is 2.37. The van der Waals surface area contributed by atoms with Gasteiger partial charge in [-0.1, -0.05) is 33.6 Å². The normalized spacial score (nSPS) is 12.0. The Bertz CT molecular complexity index is 842. The molecule has 0 fully saturated rings. The summed E-state index contributed by atoms with van der Waals surface area (Å²) in [5.41, 5.74) is 4.11. The topological polar surface area (TPSA) is 75.6 Å². The molecule has 2 aromatic carbocycles. The third-order valence-electron chi connectivity index (χ3n) is 3.02. The maximum absolute atomic E-state index is 12.6. The molecule has 0 unspecified atom stereocenters. The summed E-state index contributed by atoms with van der Waals surface area (Å²) >= 11 is 3.30. The number of nitrogens with one attached hydrogen (secondary N) is 1. The highest BCUT2D eigenvalue weighted by Gasteiger charge is 2.26. The third kappa shape index (κ3) is 4.27. The van der Waals surface area contributed by atoms with Crippen LogP contribution < -0.4 is 5.43 Å². The largest absolute Gasteiger partial charge is 0.292 e. The average Bonchev–Trinajstić information content (AvgIpc) is 2.49. The fourth-order valence-electron chi connectivity index (χ4n) is 1.80. The summed E-state index contributed by atoms with van der Waals surface area (Å²) in [6, 6.07) is 13.2. The van der Waals surface area contributed by atoms with Gasteiger partial charge in [0.1, 0.15) is 0 Å². The van der Waals surface area contributed by atoms with Crippen molar-refractivity contribution in [2.24, 2.45) is 5.10 Å². The second kappa shape index (κ2) is 7.06. The van der Waals surface area contributed by atoms with E-state index in [1.54, 1.807) is 36.4 Å². The van der Waals surface area contributed by atoms with E-state index in [9.17, 15) is 13.2 Å². The first kappa shape index (κ1) is 17.4. The van der Waals surface area contributed by atoms with Crippen molar-refractivity contribution in [2.45, 2.75) is 18.7 Å². The van der Waals surface area contributed by atoms with Crippen LogP contribution in [0.2, 0.25) is 0 Å². The van der Waals surface area contributed by atoms with Gasteiger partial charge < -0.3 is 0 Å². The fourth-order valence-corrected chi connectivity index (χ4v) is 3.32. The molecule has 0 aromatic heterocycles. The fraction of sp³-hybridized carbons (Fsp3) is 0.125. The van der Waals surface area contributed by atoms with Crippen LogP contribution in [0.1, 0.15) is 12.5 Å². The molecular formula is C16H15BrN2O3S. The van der Waals surface area contributed by atoms with Gasteiger partial charge in [0.15, 0.2) is 5.78 Å². The quantitative estimate of drug-likeness (QED) is 0.488. The van der Waals surface area contributed by atoms with Gasteiger partial charge in [0.05, 0.1) is 10.6 Å². The number of hydrogen-bond donors (Lipinski definition) is 1. The summed E-state index contributed by atoms with van der Waals surface area (Å²) in [5.74, 6) is -0.629. The summed E-state index contributed by atoms with van der Waals surface area (Å²) in [6.07, 6.45) is 0. The van der Waals surface area contributed by atoms with Gasteiger partial charge in [-0.2, -0.15) is 5.10 Å². The Morgan fingerprint density at radius 1 is 1.04 bits per heavy atom. The summed E-state index contributed by atoms with van der Waals surface area (Å²) < 4.78 is 26.0. The third-order valence-corrected chi connectivity index (χ3v) is 5.33. The Morgan fingerprint density at radius 3 is 2.13 bits per heavy atom. The minimum absolute atomic E-state index is 0.0367. The number of rotatable bonds is 4. The monoisotopic (exact) mass is 394 g/mol. The zero-order valence-corrected chi connectivity index (χ0v) is 15.0. The SMILES string of the molecule is CC(=O)C(=NNc1ccc(Br)cc1)S(=O)(=O)c1ccc(C)cc1. The van der Waals surface area contributed by atoms with Crippen LogP contribution in [0.15, 0.2) is 63.0 Å². The number of anilines is 1. The molecule has 2 rings (SSSR count). The summed E-state index contributed by atoms with van der Waals surface area (Å²) in [5, 5.41) is 3.28. The van der Waals surface area contributed by atoms with Crippen LogP contribution in [0.3, 0.4) is 0 Å². The van der Waals surface area contributed by atoms with Crippen molar-refractivity contribution < 1.29 is 13.2 Å². The number of ketones is 1. The molecule has 2 aromatic rings. The molecule has 0 aliphatic heterocycles. The Hall–Kier alpha value is -1.99. The lowest BCUT2D eigenvalue weighted by Gasteiger charge is -2.07.